The molecule has 6 heteroatoms. The van der Waals surface area contributed by atoms with Gasteiger partial charge in [0.25, 0.3) is 0 Å². The Labute approximate surface area is 107 Å². The zero-order chi connectivity index (χ0) is 13.5. The van der Waals surface area contributed by atoms with Gasteiger partial charge in [0.15, 0.2) is 6.29 Å². The molecule has 1 fully saturated rings. The molecule has 0 bridgehead atoms. The summed E-state index contributed by atoms with van der Waals surface area (Å²) in [4.78, 5) is 24.0. The number of carbonyl (C=O) groups excluding carboxylic acids is 1. The van der Waals surface area contributed by atoms with Crippen LogP contribution in [0.25, 0.3) is 0 Å². The minimum absolute atomic E-state index is 0.100. The van der Waals surface area contributed by atoms with Crippen LogP contribution in [0.15, 0.2) is 0 Å². The molecule has 0 aliphatic carbocycles. The van der Waals surface area contributed by atoms with E-state index in [-0.39, 0.29) is 18.6 Å². The third kappa shape index (κ3) is 4.27. The number of nitrogens with zero attached hydrogens (tertiary/aromatic N) is 1. The summed E-state index contributed by atoms with van der Waals surface area (Å²) in [5.74, 6) is -1.58. The molecule has 1 saturated heterocycles. The van der Waals surface area contributed by atoms with Gasteiger partial charge in [-0.3, -0.25) is 9.59 Å². The van der Waals surface area contributed by atoms with Crippen molar-refractivity contribution in [1.29, 1.82) is 0 Å². The standard InChI is InChI=1S/C12H21NO5/c1-3-17-11(18-4-2)5-6-13-8-9(12(15)16)7-10(13)14/h9,11H,3-8H2,1-2H3,(H,15,16). The van der Waals surface area contributed by atoms with Crippen LogP contribution in [0, 0.1) is 5.92 Å². The smallest absolute Gasteiger partial charge is 0.308 e. The lowest BCUT2D eigenvalue weighted by Crippen LogP contribution is -2.31. The Balaban J connectivity index is 2.38. The van der Waals surface area contributed by atoms with Crippen molar-refractivity contribution in [3.8, 4) is 0 Å². The summed E-state index contributed by atoms with van der Waals surface area (Å²) in [6, 6.07) is 0. The van der Waals surface area contributed by atoms with E-state index in [0.717, 1.165) is 0 Å². The number of carboxylic acid groups (broad SMARTS) is 1. The van der Waals surface area contributed by atoms with Crippen molar-refractivity contribution < 1.29 is 24.2 Å². The number of carboxylic acids is 1. The first-order valence-corrected chi connectivity index (χ1v) is 6.32. The highest BCUT2D eigenvalue weighted by molar-refractivity contribution is 5.86. The molecule has 0 spiro atoms. The van der Waals surface area contributed by atoms with Crippen molar-refractivity contribution in [3.63, 3.8) is 0 Å². The fourth-order valence-electron chi connectivity index (χ4n) is 2.00. The number of hydrogen-bond acceptors (Lipinski definition) is 4. The molecule has 1 aliphatic heterocycles. The Morgan fingerprint density at radius 1 is 1.44 bits per heavy atom. The van der Waals surface area contributed by atoms with Gasteiger partial charge in [0.05, 0.1) is 5.92 Å². The van der Waals surface area contributed by atoms with Gasteiger partial charge in [0, 0.05) is 39.1 Å². The number of hydrogen-bond donors (Lipinski definition) is 1. The van der Waals surface area contributed by atoms with E-state index in [9.17, 15) is 9.59 Å². The predicted octanol–water partition coefficient (Wildman–Crippen LogP) is 0.709. The van der Waals surface area contributed by atoms with E-state index in [1.54, 1.807) is 4.90 Å². The monoisotopic (exact) mass is 259 g/mol. The van der Waals surface area contributed by atoms with E-state index in [1.165, 1.54) is 0 Å². The van der Waals surface area contributed by atoms with Crippen molar-refractivity contribution in [3.05, 3.63) is 0 Å². The molecule has 104 valence electrons. The SMILES string of the molecule is CCOC(CCN1CC(C(=O)O)CC1=O)OCC. The topological polar surface area (TPSA) is 76.1 Å². The lowest BCUT2D eigenvalue weighted by molar-refractivity contribution is -0.144. The molecule has 1 amide bonds. The van der Waals surface area contributed by atoms with E-state index in [2.05, 4.69) is 0 Å². The fraction of sp³-hybridized carbons (Fsp3) is 0.833. The molecule has 0 radical (unpaired) electrons. The minimum atomic E-state index is -0.906. The summed E-state index contributed by atoms with van der Waals surface area (Å²) in [5, 5.41) is 8.87. The van der Waals surface area contributed by atoms with Crippen LogP contribution >= 0.6 is 0 Å². The maximum absolute atomic E-state index is 11.6. The van der Waals surface area contributed by atoms with Crippen LogP contribution in [0.3, 0.4) is 0 Å². The molecule has 0 aromatic heterocycles. The van der Waals surface area contributed by atoms with Crippen molar-refractivity contribution in [1.82, 2.24) is 4.90 Å². The van der Waals surface area contributed by atoms with Crippen molar-refractivity contribution in [2.45, 2.75) is 33.0 Å². The Morgan fingerprint density at radius 3 is 2.50 bits per heavy atom. The van der Waals surface area contributed by atoms with Gasteiger partial charge in [-0.25, -0.2) is 0 Å². The maximum atomic E-state index is 11.6. The van der Waals surface area contributed by atoms with Gasteiger partial charge >= 0.3 is 5.97 Å². The molecule has 1 atom stereocenters. The first-order valence-electron chi connectivity index (χ1n) is 6.32. The molecule has 18 heavy (non-hydrogen) atoms. The average molecular weight is 259 g/mol. The van der Waals surface area contributed by atoms with Crippen molar-refractivity contribution >= 4 is 11.9 Å². The second-order valence-electron chi connectivity index (χ2n) is 4.21. The van der Waals surface area contributed by atoms with Gasteiger partial charge in [-0.15, -0.1) is 0 Å². The van der Waals surface area contributed by atoms with Gasteiger partial charge in [-0.1, -0.05) is 0 Å². The number of rotatable bonds is 8. The van der Waals surface area contributed by atoms with Crippen LogP contribution in [0.2, 0.25) is 0 Å². The third-order valence-corrected chi connectivity index (χ3v) is 2.90. The Hall–Kier alpha value is -1.14. The van der Waals surface area contributed by atoms with Crippen LogP contribution in [0.4, 0.5) is 0 Å². The van der Waals surface area contributed by atoms with Gasteiger partial charge in [0.2, 0.25) is 5.91 Å². The summed E-state index contributed by atoms with van der Waals surface area (Å²) in [5.41, 5.74) is 0. The molecule has 0 aromatic carbocycles. The molecule has 0 saturated carbocycles. The normalized spacial score (nSPS) is 19.8. The molecule has 1 aliphatic rings. The molecule has 0 aromatic rings. The molecular weight excluding hydrogens is 238 g/mol. The fourth-order valence-corrected chi connectivity index (χ4v) is 2.00. The Kier molecular flexibility index (Phi) is 6.07. The lowest BCUT2D eigenvalue weighted by atomic mass is 10.1. The average Bonchev–Trinajstić information content (AvgIpc) is 2.68. The molecule has 1 heterocycles. The predicted molar refractivity (Wildman–Crippen MR) is 64.0 cm³/mol. The van der Waals surface area contributed by atoms with Gasteiger partial charge in [-0.2, -0.15) is 0 Å². The first kappa shape index (κ1) is 14.9. The van der Waals surface area contributed by atoms with Crippen molar-refractivity contribution in [2.75, 3.05) is 26.3 Å². The number of carbonyl (C=O) groups is 2. The molecule has 1 N–H and O–H groups in total. The van der Waals surface area contributed by atoms with E-state index >= 15 is 0 Å². The summed E-state index contributed by atoms with van der Waals surface area (Å²) in [7, 11) is 0. The van der Waals surface area contributed by atoms with Crippen LogP contribution < -0.4 is 0 Å². The van der Waals surface area contributed by atoms with Crippen LogP contribution in [0.5, 0.6) is 0 Å². The minimum Gasteiger partial charge on any atom is -0.481 e. The second-order valence-corrected chi connectivity index (χ2v) is 4.21. The molecular formula is C12H21NO5. The zero-order valence-electron chi connectivity index (χ0n) is 10.9. The quantitative estimate of drug-likeness (QED) is 0.650. The Morgan fingerprint density at radius 2 is 2.06 bits per heavy atom. The number of likely N-dealkylation sites (tertiary alicyclic amines) is 1. The van der Waals surface area contributed by atoms with E-state index in [4.69, 9.17) is 14.6 Å². The number of ether oxygens (including phenoxy) is 2. The molecule has 6 nitrogen and oxygen atoms in total. The summed E-state index contributed by atoms with van der Waals surface area (Å²) < 4.78 is 10.8. The molecule has 1 rings (SSSR count). The van der Waals surface area contributed by atoms with Gasteiger partial charge in [-0.05, 0) is 13.8 Å². The number of aliphatic carboxylic acids is 1. The van der Waals surface area contributed by atoms with Crippen LogP contribution in [-0.2, 0) is 19.1 Å². The van der Waals surface area contributed by atoms with E-state index in [0.29, 0.717) is 32.7 Å². The van der Waals surface area contributed by atoms with Crippen molar-refractivity contribution in [2.24, 2.45) is 5.92 Å². The third-order valence-electron chi connectivity index (χ3n) is 2.90. The first-order chi connectivity index (χ1) is 8.58. The lowest BCUT2D eigenvalue weighted by Gasteiger charge is -2.21. The van der Waals surface area contributed by atoms with Gasteiger partial charge < -0.3 is 19.5 Å². The van der Waals surface area contributed by atoms with Crippen LogP contribution in [-0.4, -0.2) is 54.5 Å². The molecule has 1 unspecified atom stereocenters. The largest absolute Gasteiger partial charge is 0.481 e. The summed E-state index contributed by atoms with van der Waals surface area (Å²) >= 11 is 0. The second kappa shape index (κ2) is 7.33. The maximum Gasteiger partial charge on any atom is 0.308 e. The van der Waals surface area contributed by atoms with E-state index < -0.39 is 11.9 Å². The van der Waals surface area contributed by atoms with Gasteiger partial charge in [0.1, 0.15) is 0 Å². The summed E-state index contributed by atoms with van der Waals surface area (Å²) in [6.45, 7) is 5.64. The highest BCUT2D eigenvalue weighted by Gasteiger charge is 2.34. The number of amides is 1. The summed E-state index contributed by atoms with van der Waals surface area (Å²) in [6.07, 6.45) is 0.347. The Bertz CT molecular complexity index is 288. The van der Waals surface area contributed by atoms with Crippen LogP contribution in [0.1, 0.15) is 26.7 Å². The highest BCUT2D eigenvalue weighted by Crippen LogP contribution is 2.18. The highest BCUT2D eigenvalue weighted by atomic mass is 16.7. The van der Waals surface area contributed by atoms with E-state index in [1.807, 2.05) is 13.8 Å². The zero-order valence-corrected chi connectivity index (χ0v) is 10.9.